The summed E-state index contributed by atoms with van der Waals surface area (Å²) in [4.78, 5) is 21.2. The largest absolute Gasteiger partial charge is 0.480 e. The molecule has 0 spiro atoms. The number of rotatable bonds is 8. The zero-order chi connectivity index (χ0) is 18.8. The lowest BCUT2D eigenvalue weighted by Gasteiger charge is -2.24. The van der Waals surface area contributed by atoms with Crippen molar-refractivity contribution in [3.8, 4) is 0 Å². The van der Waals surface area contributed by atoms with E-state index in [2.05, 4.69) is 0 Å². The van der Waals surface area contributed by atoms with Gasteiger partial charge in [0.25, 0.3) is 5.91 Å². The van der Waals surface area contributed by atoms with Crippen LogP contribution in [0, 0.1) is 0 Å². The van der Waals surface area contributed by atoms with Crippen molar-refractivity contribution in [1.29, 1.82) is 0 Å². The highest BCUT2D eigenvalue weighted by Crippen LogP contribution is 2.04. The molecule has 0 bridgehead atoms. The second-order valence-corrected chi connectivity index (χ2v) is 4.76. The fraction of sp³-hybridized carbons (Fsp3) is 0.750. The molecule has 1 amide bonds. The first kappa shape index (κ1) is 23.8. The summed E-state index contributed by atoms with van der Waals surface area (Å²) in [5.41, 5.74) is 3.71. The molecule has 15 heteroatoms. The minimum absolute atomic E-state index is 0.615. The Bertz CT molecular complexity index is 460. The highest BCUT2D eigenvalue weighted by atomic mass is 32.3. The van der Waals surface area contributed by atoms with Gasteiger partial charge in [-0.3, -0.25) is 24.1 Å². The van der Waals surface area contributed by atoms with Crippen LogP contribution in [0.4, 0.5) is 0 Å². The normalized spacial score (nSPS) is 16.3. The molecule has 0 rings (SSSR count). The highest BCUT2D eigenvalue weighted by molar-refractivity contribution is 7.79. The van der Waals surface area contributed by atoms with E-state index in [1.165, 1.54) is 0 Å². The Morgan fingerprint density at radius 3 is 1.78 bits per heavy atom. The number of carbonyl (C=O) groups excluding carboxylic acids is 1. The van der Waals surface area contributed by atoms with E-state index in [1.54, 1.807) is 5.43 Å². The molecule has 0 aromatic heterocycles. The summed E-state index contributed by atoms with van der Waals surface area (Å²) >= 11 is 0. The number of hydrogen-bond donors (Lipinski definition) is 10. The summed E-state index contributed by atoms with van der Waals surface area (Å²) in [6.45, 7) is -1.49. The molecule has 0 unspecified atom stereocenters. The number of carboxylic acid groups (broad SMARTS) is 1. The van der Waals surface area contributed by atoms with E-state index in [9.17, 15) is 24.9 Å². The topological polar surface area (TPSA) is 254 Å². The highest BCUT2D eigenvalue weighted by Gasteiger charge is 2.34. The van der Waals surface area contributed by atoms with Crippen molar-refractivity contribution >= 4 is 22.3 Å². The van der Waals surface area contributed by atoms with Gasteiger partial charge in [-0.25, -0.2) is 5.43 Å². The number of nitrogens with one attached hydrogen (secondary N) is 2. The van der Waals surface area contributed by atoms with Gasteiger partial charge in [0, 0.05) is 0 Å². The molecule has 0 fully saturated rings. The molecule has 0 aromatic carbocycles. The van der Waals surface area contributed by atoms with Crippen LogP contribution in [0.15, 0.2) is 0 Å². The fourth-order valence-electron chi connectivity index (χ4n) is 0.958. The van der Waals surface area contributed by atoms with E-state index < -0.39 is 59.8 Å². The Morgan fingerprint density at radius 2 is 1.43 bits per heavy atom. The number of hydrazine groups is 1. The van der Waals surface area contributed by atoms with E-state index in [-0.39, 0.29) is 0 Å². The van der Waals surface area contributed by atoms with Crippen molar-refractivity contribution in [2.75, 3.05) is 13.2 Å². The van der Waals surface area contributed by atoms with E-state index in [1.807, 2.05) is 5.43 Å². The molecular weight excluding hydrogens is 348 g/mol. The summed E-state index contributed by atoms with van der Waals surface area (Å²) in [7, 11) is -4.67. The van der Waals surface area contributed by atoms with Crippen LogP contribution in [-0.2, 0) is 20.0 Å². The zero-order valence-corrected chi connectivity index (χ0v) is 12.2. The first-order valence-electron chi connectivity index (χ1n) is 5.58. The smallest absolute Gasteiger partial charge is 0.394 e. The second kappa shape index (κ2) is 11.2. The van der Waals surface area contributed by atoms with Crippen molar-refractivity contribution in [1.82, 2.24) is 10.9 Å². The first-order chi connectivity index (χ1) is 10.3. The molecule has 0 radical (unpaired) electrons. The SMILES string of the molecule is O=C(O)CNNC(=O)[C@H](O)[C@@H](O)[C@H](O)[C@H](O)CO.O=S(=O)(O)O. The fourth-order valence-corrected chi connectivity index (χ4v) is 0.958. The summed E-state index contributed by atoms with van der Waals surface area (Å²) in [6, 6.07) is 0. The molecule has 0 saturated carbocycles. The first-order valence-corrected chi connectivity index (χ1v) is 6.98. The van der Waals surface area contributed by atoms with E-state index in [0.29, 0.717) is 0 Å². The lowest BCUT2D eigenvalue weighted by molar-refractivity contribution is -0.150. The molecule has 138 valence electrons. The second-order valence-electron chi connectivity index (χ2n) is 3.86. The van der Waals surface area contributed by atoms with Gasteiger partial charge in [-0.05, 0) is 0 Å². The maximum Gasteiger partial charge on any atom is 0.394 e. The molecule has 0 aliphatic carbocycles. The van der Waals surface area contributed by atoms with Crippen molar-refractivity contribution in [3.63, 3.8) is 0 Å². The average Bonchev–Trinajstić information content (AvgIpc) is 2.41. The van der Waals surface area contributed by atoms with Crippen LogP contribution >= 0.6 is 0 Å². The third-order valence-electron chi connectivity index (χ3n) is 1.97. The van der Waals surface area contributed by atoms with Gasteiger partial charge in [0.05, 0.1) is 6.61 Å². The van der Waals surface area contributed by atoms with Crippen LogP contribution in [0.3, 0.4) is 0 Å². The Kier molecular flexibility index (Phi) is 11.6. The van der Waals surface area contributed by atoms with Crippen LogP contribution in [0.5, 0.6) is 0 Å². The van der Waals surface area contributed by atoms with E-state index in [4.69, 9.17) is 32.8 Å². The number of hydrogen-bond acceptors (Lipinski definition) is 10. The van der Waals surface area contributed by atoms with Crippen molar-refractivity contribution < 1.29 is 57.8 Å². The Labute approximate surface area is 129 Å². The van der Waals surface area contributed by atoms with Crippen LogP contribution in [0.25, 0.3) is 0 Å². The average molecular weight is 366 g/mol. The lowest BCUT2D eigenvalue weighted by Crippen LogP contribution is -2.54. The third-order valence-corrected chi connectivity index (χ3v) is 1.97. The molecule has 0 aliphatic heterocycles. The van der Waals surface area contributed by atoms with Crippen molar-refractivity contribution in [2.45, 2.75) is 24.4 Å². The predicted octanol–water partition coefficient (Wildman–Crippen LogP) is -5.53. The van der Waals surface area contributed by atoms with Crippen LogP contribution in [0.2, 0.25) is 0 Å². The van der Waals surface area contributed by atoms with Gasteiger partial charge in [-0.15, -0.1) is 0 Å². The number of aliphatic carboxylic acids is 1. The van der Waals surface area contributed by atoms with Gasteiger partial charge >= 0.3 is 16.4 Å². The summed E-state index contributed by atoms with van der Waals surface area (Å²) in [5, 5.41) is 53.5. The predicted molar refractivity (Wildman–Crippen MR) is 69.1 cm³/mol. The Hall–Kier alpha value is -1.43. The number of carbonyl (C=O) groups is 2. The van der Waals surface area contributed by atoms with Crippen LogP contribution in [0.1, 0.15) is 0 Å². The quantitative estimate of drug-likeness (QED) is 0.142. The van der Waals surface area contributed by atoms with Gasteiger partial charge in [0.1, 0.15) is 24.9 Å². The molecule has 0 saturated heterocycles. The van der Waals surface area contributed by atoms with Crippen molar-refractivity contribution in [3.05, 3.63) is 0 Å². The van der Waals surface area contributed by atoms with Crippen LogP contribution in [-0.4, -0.2) is 97.6 Å². The number of aliphatic hydroxyl groups is 5. The standard InChI is InChI=1S/C8H16N2O8.H2O4S/c11-2-3(12)5(15)6(16)7(17)8(18)10-9-1-4(13)14;1-5(2,3)4/h3,5-7,9,11-12,15-17H,1-2H2,(H,10,18)(H,13,14);(H2,1,2,3,4)/t3-,5-,6+,7-;/m1./s1. The maximum atomic E-state index is 11.1. The summed E-state index contributed by atoms with van der Waals surface area (Å²) in [5.74, 6) is -2.46. The number of amides is 1. The molecule has 0 aromatic rings. The maximum absolute atomic E-state index is 11.1. The van der Waals surface area contributed by atoms with E-state index in [0.717, 1.165) is 0 Å². The molecule has 0 heterocycles. The monoisotopic (exact) mass is 366 g/mol. The van der Waals surface area contributed by atoms with Gasteiger partial charge in [0.15, 0.2) is 6.10 Å². The van der Waals surface area contributed by atoms with E-state index >= 15 is 0 Å². The minimum Gasteiger partial charge on any atom is -0.480 e. The van der Waals surface area contributed by atoms with Gasteiger partial charge < -0.3 is 30.6 Å². The van der Waals surface area contributed by atoms with Crippen LogP contribution < -0.4 is 10.9 Å². The van der Waals surface area contributed by atoms with Gasteiger partial charge in [0.2, 0.25) is 0 Å². The Morgan fingerprint density at radius 1 is 1.00 bits per heavy atom. The summed E-state index contributed by atoms with van der Waals surface area (Å²) < 4.78 is 31.6. The molecule has 10 N–H and O–H groups in total. The summed E-state index contributed by atoms with van der Waals surface area (Å²) in [6.07, 6.45) is -7.81. The Balaban J connectivity index is 0. The number of carboxylic acids is 1. The minimum atomic E-state index is -4.67. The molecule has 0 aliphatic rings. The lowest BCUT2D eigenvalue weighted by atomic mass is 10.0. The zero-order valence-electron chi connectivity index (χ0n) is 11.3. The number of aliphatic hydroxyl groups excluding tert-OH is 5. The van der Waals surface area contributed by atoms with Gasteiger partial charge in [-0.1, -0.05) is 0 Å². The van der Waals surface area contributed by atoms with Crippen molar-refractivity contribution in [2.24, 2.45) is 0 Å². The molecule has 14 nitrogen and oxygen atoms in total. The third kappa shape index (κ3) is 13.9. The molecular formula is C8H18N2O12S. The molecule has 23 heavy (non-hydrogen) atoms. The van der Waals surface area contributed by atoms with Gasteiger partial charge in [-0.2, -0.15) is 8.42 Å². The molecule has 4 atom stereocenters.